The molecule has 1 saturated carbocycles. The first-order chi connectivity index (χ1) is 18.4. The molecule has 2 fully saturated rings. The minimum atomic E-state index is -4.89. The molecule has 216 valence electrons. The van der Waals surface area contributed by atoms with Crippen LogP contribution in [0.1, 0.15) is 67.7 Å². The second kappa shape index (κ2) is 12.1. The fraction of sp³-hybridized carbons (Fsp3) is 0.600. The monoisotopic (exact) mass is 556 g/mol. The van der Waals surface area contributed by atoms with Gasteiger partial charge in [0.25, 0.3) is 0 Å². The number of rotatable bonds is 8. The summed E-state index contributed by atoms with van der Waals surface area (Å²) in [5, 5.41) is 0. The molecule has 0 amide bonds. The number of nitrogens with zero attached hydrogens (tertiary/aromatic N) is 2. The maximum Gasteiger partial charge on any atom is 0.416 e. The zero-order valence-electron chi connectivity index (χ0n) is 22.7. The SMILES string of the molecule is COc1ccccc1C(C)(Cc1cc(C(F)(F)F)cc(C(F)(F)F)c1)N1CCN(CCC2CCCCC2)CC1. The Kier molecular flexibility index (Phi) is 9.21. The molecule has 1 aliphatic heterocycles. The highest BCUT2D eigenvalue weighted by Gasteiger charge is 2.41. The second-order valence-electron chi connectivity index (χ2n) is 11.2. The van der Waals surface area contributed by atoms with E-state index in [0.29, 0.717) is 18.8 Å². The molecule has 4 rings (SSSR count). The van der Waals surface area contributed by atoms with E-state index in [4.69, 9.17) is 4.74 Å². The van der Waals surface area contributed by atoms with Crippen LogP contribution in [0.3, 0.4) is 0 Å². The van der Waals surface area contributed by atoms with Crippen molar-refractivity contribution >= 4 is 0 Å². The summed E-state index contributed by atoms with van der Waals surface area (Å²) in [6.07, 6.45) is -2.10. The van der Waals surface area contributed by atoms with Crippen LogP contribution in [0.15, 0.2) is 42.5 Å². The van der Waals surface area contributed by atoms with Gasteiger partial charge in [0, 0.05) is 31.7 Å². The van der Waals surface area contributed by atoms with Gasteiger partial charge in [0.15, 0.2) is 0 Å². The first-order valence-corrected chi connectivity index (χ1v) is 13.8. The lowest BCUT2D eigenvalue weighted by Crippen LogP contribution is -2.55. The van der Waals surface area contributed by atoms with Crippen molar-refractivity contribution in [2.45, 2.75) is 69.8 Å². The first kappa shape index (κ1) is 29.7. The molecule has 1 aliphatic carbocycles. The van der Waals surface area contributed by atoms with Gasteiger partial charge in [-0.1, -0.05) is 50.3 Å². The van der Waals surface area contributed by atoms with E-state index in [1.54, 1.807) is 12.1 Å². The van der Waals surface area contributed by atoms with Crippen molar-refractivity contribution in [3.8, 4) is 5.75 Å². The predicted molar refractivity (Wildman–Crippen MR) is 140 cm³/mol. The van der Waals surface area contributed by atoms with E-state index in [2.05, 4.69) is 9.80 Å². The third kappa shape index (κ3) is 7.28. The van der Waals surface area contributed by atoms with E-state index in [1.165, 1.54) is 45.6 Å². The van der Waals surface area contributed by atoms with Crippen molar-refractivity contribution in [1.29, 1.82) is 0 Å². The molecular formula is C30H38F6N2O. The standard InChI is InChI=1S/C30H38F6N2O/c1-28(26-10-6-7-11-27(26)39-2,21-23-18-24(29(31,32)33)20-25(19-23)30(34,35)36)38-16-14-37(15-17-38)13-12-22-8-4-3-5-9-22/h6-7,10-11,18-20,22H,3-5,8-9,12-17,21H2,1-2H3. The van der Waals surface area contributed by atoms with Crippen LogP contribution >= 0.6 is 0 Å². The third-order valence-corrected chi connectivity index (χ3v) is 8.53. The third-order valence-electron chi connectivity index (χ3n) is 8.53. The van der Waals surface area contributed by atoms with Gasteiger partial charge in [0.1, 0.15) is 5.75 Å². The number of hydrogen-bond acceptors (Lipinski definition) is 3. The number of hydrogen-bond donors (Lipinski definition) is 0. The van der Waals surface area contributed by atoms with Crippen LogP contribution in [0.2, 0.25) is 0 Å². The highest BCUT2D eigenvalue weighted by Crippen LogP contribution is 2.41. The van der Waals surface area contributed by atoms with Gasteiger partial charge in [-0.05, 0) is 62.1 Å². The Morgan fingerprint density at radius 2 is 1.41 bits per heavy atom. The Morgan fingerprint density at radius 3 is 1.97 bits per heavy atom. The molecule has 1 saturated heterocycles. The topological polar surface area (TPSA) is 15.7 Å². The predicted octanol–water partition coefficient (Wildman–Crippen LogP) is 7.78. The summed E-state index contributed by atoms with van der Waals surface area (Å²) in [4.78, 5) is 4.62. The van der Waals surface area contributed by atoms with Crippen molar-refractivity contribution in [2.24, 2.45) is 5.92 Å². The van der Waals surface area contributed by atoms with Crippen LogP contribution in [-0.4, -0.2) is 49.6 Å². The van der Waals surface area contributed by atoms with Crippen LogP contribution < -0.4 is 4.74 Å². The van der Waals surface area contributed by atoms with Crippen molar-refractivity contribution in [3.05, 3.63) is 64.7 Å². The molecule has 2 aromatic carbocycles. The molecule has 0 aromatic heterocycles. The average molecular weight is 557 g/mol. The van der Waals surface area contributed by atoms with Gasteiger partial charge < -0.3 is 9.64 Å². The number of alkyl halides is 6. The van der Waals surface area contributed by atoms with E-state index >= 15 is 0 Å². The summed E-state index contributed by atoms with van der Waals surface area (Å²) in [6, 6.07) is 9.15. The van der Waals surface area contributed by atoms with Crippen LogP contribution in [0.4, 0.5) is 26.3 Å². The molecule has 1 unspecified atom stereocenters. The van der Waals surface area contributed by atoms with E-state index in [1.807, 2.05) is 19.1 Å². The zero-order valence-corrected chi connectivity index (χ0v) is 22.7. The van der Waals surface area contributed by atoms with Gasteiger partial charge in [-0.25, -0.2) is 0 Å². The molecule has 0 radical (unpaired) electrons. The second-order valence-corrected chi connectivity index (χ2v) is 11.2. The highest BCUT2D eigenvalue weighted by atomic mass is 19.4. The largest absolute Gasteiger partial charge is 0.496 e. The van der Waals surface area contributed by atoms with Crippen LogP contribution in [-0.2, 0) is 24.3 Å². The van der Waals surface area contributed by atoms with Crippen molar-refractivity contribution in [3.63, 3.8) is 0 Å². The zero-order chi connectivity index (χ0) is 28.3. The Balaban J connectivity index is 1.61. The van der Waals surface area contributed by atoms with Crippen LogP contribution in [0.25, 0.3) is 0 Å². The van der Waals surface area contributed by atoms with Gasteiger partial charge in [-0.3, -0.25) is 4.90 Å². The number of ether oxygens (including phenoxy) is 1. The van der Waals surface area contributed by atoms with E-state index < -0.39 is 29.0 Å². The Labute approximate surface area is 227 Å². The lowest BCUT2D eigenvalue weighted by molar-refractivity contribution is -0.143. The van der Waals surface area contributed by atoms with Gasteiger partial charge >= 0.3 is 12.4 Å². The lowest BCUT2D eigenvalue weighted by Gasteiger charge is -2.47. The Hall–Kier alpha value is -2.26. The first-order valence-electron chi connectivity index (χ1n) is 13.8. The molecule has 0 N–H and O–H groups in total. The average Bonchev–Trinajstić information content (AvgIpc) is 2.91. The molecule has 1 atom stereocenters. The Bertz CT molecular complexity index is 1060. The summed E-state index contributed by atoms with van der Waals surface area (Å²) < 4.78 is 87.3. The van der Waals surface area contributed by atoms with Crippen molar-refractivity contribution in [2.75, 3.05) is 39.8 Å². The molecule has 1 heterocycles. The molecule has 2 aromatic rings. The summed E-state index contributed by atoms with van der Waals surface area (Å²) in [6.45, 7) is 5.83. The Morgan fingerprint density at radius 1 is 0.821 bits per heavy atom. The quantitative estimate of drug-likeness (QED) is 0.309. The van der Waals surface area contributed by atoms with E-state index in [0.717, 1.165) is 43.2 Å². The lowest BCUT2D eigenvalue weighted by atomic mass is 9.82. The fourth-order valence-corrected chi connectivity index (χ4v) is 6.29. The smallest absolute Gasteiger partial charge is 0.416 e. The summed E-state index contributed by atoms with van der Waals surface area (Å²) in [5.41, 5.74) is -2.72. The molecule has 2 aliphatic rings. The van der Waals surface area contributed by atoms with Gasteiger partial charge in [0.2, 0.25) is 0 Å². The minimum Gasteiger partial charge on any atom is -0.496 e. The van der Waals surface area contributed by atoms with Crippen molar-refractivity contribution in [1.82, 2.24) is 9.80 Å². The number of halogens is 6. The normalized spacial score (nSPS) is 20.1. The van der Waals surface area contributed by atoms with Crippen molar-refractivity contribution < 1.29 is 31.1 Å². The summed E-state index contributed by atoms with van der Waals surface area (Å²) in [7, 11) is 1.52. The van der Waals surface area contributed by atoms with Gasteiger partial charge in [-0.2, -0.15) is 26.3 Å². The summed E-state index contributed by atoms with van der Waals surface area (Å²) in [5.74, 6) is 1.34. The van der Waals surface area contributed by atoms with Crippen LogP contribution in [0, 0.1) is 5.92 Å². The molecule has 9 heteroatoms. The van der Waals surface area contributed by atoms with Gasteiger partial charge in [-0.15, -0.1) is 0 Å². The van der Waals surface area contributed by atoms with Crippen LogP contribution in [0.5, 0.6) is 5.75 Å². The van der Waals surface area contributed by atoms with E-state index in [9.17, 15) is 26.3 Å². The molecular weight excluding hydrogens is 518 g/mol. The van der Waals surface area contributed by atoms with Gasteiger partial charge in [0.05, 0.1) is 23.8 Å². The minimum absolute atomic E-state index is 0.00900. The molecule has 0 bridgehead atoms. The maximum atomic E-state index is 13.6. The van der Waals surface area contributed by atoms with E-state index in [-0.39, 0.29) is 18.1 Å². The molecule has 0 spiro atoms. The number of para-hydroxylation sites is 1. The molecule has 3 nitrogen and oxygen atoms in total. The fourth-order valence-electron chi connectivity index (χ4n) is 6.29. The number of benzene rings is 2. The number of piperazine rings is 1. The molecule has 39 heavy (non-hydrogen) atoms. The highest BCUT2D eigenvalue weighted by molar-refractivity contribution is 5.42. The maximum absolute atomic E-state index is 13.6. The number of methoxy groups -OCH3 is 1. The summed E-state index contributed by atoms with van der Waals surface area (Å²) >= 11 is 0.